The van der Waals surface area contributed by atoms with Crippen molar-refractivity contribution in [1.29, 1.82) is 0 Å². The Hall–Kier alpha value is -0.120. The molecule has 2 unspecified atom stereocenters. The van der Waals surface area contributed by atoms with Gasteiger partial charge in [-0.1, -0.05) is 20.8 Å². The van der Waals surface area contributed by atoms with Gasteiger partial charge in [-0.05, 0) is 31.7 Å². The minimum Gasteiger partial charge on any atom is -0.330 e. The molecule has 1 heterocycles. The molecule has 0 radical (unpaired) electrons. The number of rotatable bonds is 6. The Morgan fingerprint density at radius 2 is 1.76 bits per heavy atom. The summed E-state index contributed by atoms with van der Waals surface area (Å²) in [5.41, 5.74) is 6.20. The van der Waals surface area contributed by atoms with Gasteiger partial charge >= 0.3 is 0 Å². The molecule has 17 heavy (non-hydrogen) atoms. The molecule has 1 rings (SSSR count). The normalized spacial score (nSPS) is 24.5. The van der Waals surface area contributed by atoms with Gasteiger partial charge in [0, 0.05) is 38.8 Å². The van der Waals surface area contributed by atoms with E-state index in [1.165, 1.54) is 39.0 Å². The van der Waals surface area contributed by atoms with Gasteiger partial charge in [-0.25, -0.2) is 0 Å². The van der Waals surface area contributed by atoms with Crippen LogP contribution < -0.4 is 5.73 Å². The Bertz CT molecular complexity index is 206. The number of piperazine rings is 1. The van der Waals surface area contributed by atoms with Crippen LogP contribution in [0.5, 0.6) is 0 Å². The first kappa shape index (κ1) is 14.9. The summed E-state index contributed by atoms with van der Waals surface area (Å²) >= 11 is 0. The fourth-order valence-corrected chi connectivity index (χ4v) is 2.48. The Morgan fingerprint density at radius 3 is 2.18 bits per heavy atom. The lowest BCUT2D eigenvalue weighted by molar-refractivity contribution is 0.0713. The van der Waals surface area contributed by atoms with Crippen LogP contribution in [0.4, 0.5) is 0 Å². The third kappa shape index (κ3) is 4.23. The molecule has 0 saturated carbocycles. The van der Waals surface area contributed by atoms with E-state index in [0.29, 0.717) is 5.41 Å². The second-order valence-corrected chi connectivity index (χ2v) is 5.94. The van der Waals surface area contributed by atoms with Crippen LogP contribution in [-0.4, -0.2) is 55.1 Å². The van der Waals surface area contributed by atoms with Crippen LogP contribution in [0, 0.1) is 5.41 Å². The molecule has 3 nitrogen and oxygen atoms in total. The van der Waals surface area contributed by atoms with Crippen LogP contribution >= 0.6 is 0 Å². The largest absolute Gasteiger partial charge is 0.330 e. The molecule has 0 amide bonds. The molecule has 0 aromatic heterocycles. The third-order valence-electron chi connectivity index (χ3n) is 4.57. The van der Waals surface area contributed by atoms with Gasteiger partial charge in [-0.3, -0.25) is 4.90 Å². The summed E-state index contributed by atoms with van der Waals surface area (Å²) in [7, 11) is 0. The molecule has 2 N–H and O–H groups in total. The molecule has 0 aliphatic carbocycles. The monoisotopic (exact) mass is 241 g/mol. The predicted molar refractivity (Wildman–Crippen MR) is 75.2 cm³/mol. The first-order chi connectivity index (χ1) is 8.04. The average Bonchev–Trinajstić information content (AvgIpc) is 2.38. The Kier molecular flexibility index (Phi) is 5.90. The Labute approximate surface area is 107 Å². The van der Waals surface area contributed by atoms with Gasteiger partial charge in [0.05, 0.1) is 0 Å². The molecular weight excluding hydrogens is 210 g/mol. The summed E-state index contributed by atoms with van der Waals surface area (Å²) in [5.74, 6) is 0. The van der Waals surface area contributed by atoms with E-state index in [2.05, 4.69) is 37.5 Å². The average molecular weight is 241 g/mol. The summed E-state index contributed by atoms with van der Waals surface area (Å²) in [5, 5.41) is 0. The fraction of sp³-hybridized carbons (Fsp3) is 1.00. The quantitative estimate of drug-likeness (QED) is 0.769. The molecule has 0 bridgehead atoms. The number of hydrogen-bond acceptors (Lipinski definition) is 3. The number of nitrogens with two attached hydrogens (primary N) is 1. The molecular formula is C14H31N3. The Morgan fingerprint density at radius 1 is 1.18 bits per heavy atom. The van der Waals surface area contributed by atoms with E-state index < -0.39 is 0 Å². The zero-order chi connectivity index (χ0) is 12.9. The van der Waals surface area contributed by atoms with Gasteiger partial charge < -0.3 is 10.6 Å². The van der Waals surface area contributed by atoms with Crippen molar-refractivity contribution in [2.24, 2.45) is 11.1 Å². The maximum Gasteiger partial charge on any atom is 0.0113 e. The minimum atomic E-state index is 0.304. The van der Waals surface area contributed by atoms with Crippen molar-refractivity contribution in [2.75, 3.05) is 39.3 Å². The molecule has 1 fully saturated rings. The zero-order valence-electron chi connectivity index (χ0n) is 12.2. The van der Waals surface area contributed by atoms with E-state index in [1.54, 1.807) is 0 Å². The number of hydrogen-bond donors (Lipinski definition) is 1. The van der Waals surface area contributed by atoms with Crippen LogP contribution in [0.15, 0.2) is 0 Å². The van der Waals surface area contributed by atoms with E-state index in [1.807, 2.05) is 0 Å². The van der Waals surface area contributed by atoms with Gasteiger partial charge in [0.1, 0.15) is 0 Å². The minimum absolute atomic E-state index is 0.304. The topological polar surface area (TPSA) is 32.5 Å². The van der Waals surface area contributed by atoms with Crippen molar-refractivity contribution in [3.8, 4) is 0 Å². The first-order valence-corrected chi connectivity index (χ1v) is 7.21. The standard InChI is InChI=1S/C14H31N3/c1-5-13(3)17-9-7-16(8-10-17)12-14(4,6-2)11-15/h13H,5-12,15H2,1-4H3. The highest BCUT2D eigenvalue weighted by molar-refractivity contribution is 4.82. The SMILES string of the molecule is CCC(C)N1CCN(CC(C)(CC)CN)CC1. The third-order valence-corrected chi connectivity index (χ3v) is 4.57. The van der Waals surface area contributed by atoms with E-state index in [0.717, 1.165) is 19.1 Å². The molecule has 0 aromatic carbocycles. The molecule has 1 aliphatic rings. The molecule has 1 saturated heterocycles. The summed E-state index contributed by atoms with van der Waals surface area (Å²) in [6.45, 7) is 16.0. The van der Waals surface area contributed by atoms with Crippen molar-refractivity contribution < 1.29 is 0 Å². The van der Waals surface area contributed by atoms with Crippen molar-refractivity contribution >= 4 is 0 Å². The van der Waals surface area contributed by atoms with Crippen LogP contribution in [0.3, 0.4) is 0 Å². The fourth-order valence-electron chi connectivity index (χ4n) is 2.48. The number of nitrogens with zero attached hydrogens (tertiary/aromatic N) is 2. The summed E-state index contributed by atoms with van der Waals surface area (Å²) in [6.07, 6.45) is 2.44. The smallest absolute Gasteiger partial charge is 0.0113 e. The van der Waals surface area contributed by atoms with Gasteiger partial charge in [0.25, 0.3) is 0 Å². The van der Waals surface area contributed by atoms with Crippen LogP contribution in [-0.2, 0) is 0 Å². The van der Waals surface area contributed by atoms with Gasteiger partial charge in [0.2, 0.25) is 0 Å². The second kappa shape index (κ2) is 6.72. The maximum absolute atomic E-state index is 5.89. The summed E-state index contributed by atoms with van der Waals surface area (Å²) in [4.78, 5) is 5.21. The second-order valence-electron chi connectivity index (χ2n) is 5.94. The van der Waals surface area contributed by atoms with Crippen molar-refractivity contribution in [2.45, 2.75) is 46.6 Å². The highest BCUT2D eigenvalue weighted by Gasteiger charge is 2.27. The lowest BCUT2D eigenvalue weighted by Gasteiger charge is -2.41. The predicted octanol–water partition coefficient (Wildman–Crippen LogP) is 1.78. The maximum atomic E-state index is 5.89. The molecule has 0 aromatic rings. The summed E-state index contributed by atoms with van der Waals surface area (Å²) in [6, 6.07) is 0.740. The molecule has 1 aliphatic heterocycles. The zero-order valence-corrected chi connectivity index (χ0v) is 12.2. The molecule has 3 heteroatoms. The van der Waals surface area contributed by atoms with Crippen molar-refractivity contribution in [3.63, 3.8) is 0 Å². The Balaban J connectivity index is 2.37. The lowest BCUT2D eigenvalue weighted by Crippen LogP contribution is -2.52. The highest BCUT2D eigenvalue weighted by atomic mass is 15.3. The summed E-state index contributed by atoms with van der Waals surface area (Å²) < 4.78 is 0. The van der Waals surface area contributed by atoms with Gasteiger partial charge in [0.15, 0.2) is 0 Å². The first-order valence-electron chi connectivity index (χ1n) is 7.21. The molecule has 0 spiro atoms. The van der Waals surface area contributed by atoms with E-state index >= 15 is 0 Å². The van der Waals surface area contributed by atoms with Crippen LogP contribution in [0.25, 0.3) is 0 Å². The van der Waals surface area contributed by atoms with Crippen LogP contribution in [0.1, 0.15) is 40.5 Å². The van der Waals surface area contributed by atoms with E-state index in [-0.39, 0.29) is 0 Å². The lowest BCUT2D eigenvalue weighted by atomic mass is 9.87. The van der Waals surface area contributed by atoms with E-state index in [4.69, 9.17) is 5.73 Å². The van der Waals surface area contributed by atoms with Crippen LogP contribution in [0.2, 0.25) is 0 Å². The van der Waals surface area contributed by atoms with Gasteiger partial charge in [-0.2, -0.15) is 0 Å². The van der Waals surface area contributed by atoms with E-state index in [9.17, 15) is 0 Å². The van der Waals surface area contributed by atoms with Crippen molar-refractivity contribution in [3.05, 3.63) is 0 Å². The highest BCUT2D eigenvalue weighted by Crippen LogP contribution is 2.22. The molecule has 2 atom stereocenters. The van der Waals surface area contributed by atoms with Gasteiger partial charge in [-0.15, -0.1) is 0 Å². The molecule has 102 valence electrons. The van der Waals surface area contributed by atoms with Crippen molar-refractivity contribution in [1.82, 2.24) is 9.80 Å².